The molecule has 14 heavy (non-hydrogen) atoms. The second-order valence-electron chi connectivity index (χ2n) is 3.78. The van der Waals surface area contributed by atoms with Gasteiger partial charge in [0.2, 0.25) is 0 Å². The van der Waals surface area contributed by atoms with E-state index in [1.165, 1.54) is 38.5 Å². The van der Waals surface area contributed by atoms with Crippen LogP contribution in [-0.2, 0) is 0 Å². The van der Waals surface area contributed by atoms with E-state index in [2.05, 4.69) is 13.8 Å². The van der Waals surface area contributed by atoms with Gasteiger partial charge in [0.05, 0.1) is 0 Å². The van der Waals surface area contributed by atoms with E-state index >= 15 is 0 Å². The Hall–Kier alpha value is 0. The molecule has 1 unspecified atom stereocenters. The summed E-state index contributed by atoms with van der Waals surface area (Å²) in [5, 5.41) is 0. The standard InChI is InChI=1S/C10H20.2C2H6/c1-3-9(2)10-7-5-4-6-8-10;2*1-2/h9-10H,3-8H2,1-2H3;2*1-2H3. The monoisotopic (exact) mass is 200 g/mol. The summed E-state index contributed by atoms with van der Waals surface area (Å²) in [6.45, 7) is 12.7. The topological polar surface area (TPSA) is 0 Å². The highest BCUT2D eigenvalue weighted by molar-refractivity contribution is 4.69. The Bertz CT molecular complexity index is 80.0. The van der Waals surface area contributed by atoms with Crippen molar-refractivity contribution in [2.75, 3.05) is 0 Å². The van der Waals surface area contributed by atoms with Crippen LogP contribution in [0.1, 0.15) is 80.1 Å². The maximum atomic E-state index is 2.41. The molecule has 0 spiro atoms. The minimum atomic E-state index is 0.986. The molecule has 0 heteroatoms. The fourth-order valence-electron chi connectivity index (χ4n) is 2.04. The Morgan fingerprint density at radius 3 is 1.71 bits per heavy atom. The van der Waals surface area contributed by atoms with Crippen LogP contribution in [0, 0.1) is 11.8 Å². The molecule has 1 atom stereocenters. The third-order valence-corrected chi connectivity index (χ3v) is 3.10. The van der Waals surface area contributed by atoms with Crippen molar-refractivity contribution in [2.24, 2.45) is 11.8 Å². The highest BCUT2D eigenvalue weighted by Gasteiger charge is 2.17. The molecule has 1 aliphatic carbocycles. The van der Waals surface area contributed by atoms with Crippen molar-refractivity contribution < 1.29 is 0 Å². The van der Waals surface area contributed by atoms with Gasteiger partial charge in [-0.1, -0.05) is 80.1 Å². The van der Waals surface area contributed by atoms with Crippen LogP contribution < -0.4 is 0 Å². The smallest absolute Gasteiger partial charge is 0.0389 e. The maximum absolute atomic E-state index is 2.41. The molecule has 0 N–H and O–H groups in total. The predicted octanol–water partition coefficient (Wildman–Crippen LogP) is 5.67. The Balaban J connectivity index is 0. The van der Waals surface area contributed by atoms with Crippen LogP contribution in [-0.4, -0.2) is 0 Å². The second-order valence-corrected chi connectivity index (χ2v) is 3.78. The molecule has 0 bridgehead atoms. The largest absolute Gasteiger partial charge is 0.0683 e. The van der Waals surface area contributed by atoms with E-state index in [0.717, 1.165) is 11.8 Å². The number of hydrogen-bond acceptors (Lipinski definition) is 0. The Morgan fingerprint density at radius 1 is 0.929 bits per heavy atom. The summed E-state index contributed by atoms with van der Waals surface area (Å²) in [4.78, 5) is 0. The van der Waals surface area contributed by atoms with Crippen molar-refractivity contribution in [3.8, 4) is 0 Å². The highest BCUT2D eigenvalue weighted by atomic mass is 14.2. The van der Waals surface area contributed by atoms with Crippen LogP contribution in [0.4, 0.5) is 0 Å². The van der Waals surface area contributed by atoms with Crippen LogP contribution >= 0.6 is 0 Å². The second kappa shape index (κ2) is 13.0. The number of hydrogen-bond donors (Lipinski definition) is 0. The third-order valence-electron chi connectivity index (χ3n) is 3.10. The van der Waals surface area contributed by atoms with Crippen LogP contribution in [0.15, 0.2) is 0 Å². The zero-order valence-corrected chi connectivity index (χ0v) is 11.4. The number of rotatable bonds is 2. The average Bonchev–Trinajstić information content (AvgIpc) is 2.34. The van der Waals surface area contributed by atoms with Crippen LogP contribution in [0.5, 0.6) is 0 Å². The lowest BCUT2D eigenvalue weighted by molar-refractivity contribution is 0.258. The van der Waals surface area contributed by atoms with Gasteiger partial charge in [-0.15, -0.1) is 0 Å². The average molecular weight is 200 g/mol. The molecule has 0 aliphatic heterocycles. The Labute approximate surface area is 92.5 Å². The van der Waals surface area contributed by atoms with E-state index in [4.69, 9.17) is 0 Å². The molecule has 1 rings (SSSR count). The first-order valence-corrected chi connectivity index (χ1v) is 6.84. The minimum Gasteiger partial charge on any atom is -0.0683 e. The first-order chi connectivity index (χ1) is 6.84. The van der Waals surface area contributed by atoms with Gasteiger partial charge in [-0.05, 0) is 11.8 Å². The molecule has 1 saturated carbocycles. The Morgan fingerprint density at radius 2 is 1.36 bits per heavy atom. The van der Waals surface area contributed by atoms with Crippen molar-refractivity contribution >= 4 is 0 Å². The van der Waals surface area contributed by atoms with E-state index in [9.17, 15) is 0 Å². The third kappa shape index (κ3) is 7.41. The van der Waals surface area contributed by atoms with Gasteiger partial charge in [0.15, 0.2) is 0 Å². The summed E-state index contributed by atoms with van der Waals surface area (Å²) in [6.07, 6.45) is 8.88. The van der Waals surface area contributed by atoms with Gasteiger partial charge >= 0.3 is 0 Å². The molecule has 0 radical (unpaired) electrons. The summed E-state index contributed by atoms with van der Waals surface area (Å²) in [5.74, 6) is 2.05. The Kier molecular flexibility index (Phi) is 15.3. The van der Waals surface area contributed by atoms with Gasteiger partial charge in [-0.3, -0.25) is 0 Å². The normalized spacial score (nSPS) is 18.4. The van der Waals surface area contributed by atoms with E-state index in [1.54, 1.807) is 0 Å². The maximum Gasteiger partial charge on any atom is -0.0389 e. The van der Waals surface area contributed by atoms with Crippen molar-refractivity contribution in [3.05, 3.63) is 0 Å². The van der Waals surface area contributed by atoms with Crippen molar-refractivity contribution in [2.45, 2.75) is 80.1 Å². The first-order valence-electron chi connectivity index (χ1n) is 6.84. The zero-order valence-electron chi connectivity index (χ0n) is 11.4. The molecule has 1 aliphatic rings. The fraction of sp³-hybridized carbons (Fsp3) is 1.00. The van der Waals surface area contributed by atoms with Gasteiger partial charge in [-0.25, -0.2) is 0 Å². The van der Waals surface area contributed by atoms with Gasteiger partial charge in [0, 0.05) is 0 Å². The quantitative estimate of drug-likeness (QED) is 0.539. The molecular weight excluding hydrogens is 168 g/mol. The van der Waals surface area contributed by atoms with Crippen LogP contribution in [0.25, 0.3) is 0 Å². The van der Waals surface area contributed by atoms with Gasteiger partial charge in [0.25, 0.3) is 0 Å². The SMILES string of the molecule is CC.CC.CCC(C)C1CCCCC1. The molecule has 88 valence electrons. The van der Waals surface area contributed by atoms with E-state index < -0.39 is 0 Å². The van der Waals surface area contributed by atoms with Crippen LogP contribution in [0.2, 0.25) is 0 Å². The molecule has 0 heterocycles. The van der Waals surface area contributed by atoms with Crippen molar-refractivity contribution in [3.63, 3.8) is 0 Å². The molecule has 0 saturated heterocycles. The molecule has 0 aromatic heterocycles. The summed E-state index contributed by atoms with van der Waals surface area (Å²) < 4.78 is 0. The van der Waals surface area contributed by atoms with Crippen molar-refractivity contribution in [1.29, 1.82) is 0 Å². The van der Waals surface area contributed by atoms with Crippen LogP contribution in [0.3, 0.4) is 0 Å². The van der Waals surface area contributed by atoms with Gasteiger partial charge < -0.3 is 0 Å². The van der Waals surface area contributed by atoms with E-state index in [0.29, 0.717) is 0 Å². The summed E-state index contributed by atoms with van der Waals surface area (Å²) in [7, 11) is 0. The lowest BCUT2D eigenvalue weighted by Crippen LogP contribution is -2.14. The lowest BCUT2D eigenvalue weighted by Gasteiger charge is -2.26. The lowest BCUT2D eigenvalue weighted by atomic mass is 9.80. The summed E-state index contributed by atoms with van der Waals surface area (Å²) >= 11 is 0. The fourth-order valence-corrected chi connectivity index (χ4v) is 2.04. The van der Waals surface area contributed by atoms with Gasteiger partial charge in [0.1, 0.15) is 0 Å². The van der Waals surface area contributed by atoms with Crippen molar-refractivity contribution in [1.82, 2.24) is 0 Å². The molecule has 0 aromatic carbocycles. The molecule has 1 fully saturated rings. The van der Waals surface area contributed by atoms with Gasteiger partial charge in [-0.2, -0.15) is 0 Å². The summed E-state index contributed by atoms with van der Waals surface area (Å²) in [6, 6.07) is 0. The zero-order chi connectivity index (χ0) is 11.4. The molecule has 0 nitrogen and oxygen atoms in total. The first kappa shape index (κ1) is 16.4. The molecule has 0 amide bonds. The molecule has 0 aromatic rings. The van der Waals surface area contributed by atoms with E-state index in [1.807, 2.05) is 27.7 Å². The summed E-state index contributed by atoms with van der Waals surface area (Å²) in [5.41, 5.74) is 0. The highest BCUT2D eigenvalue weighted by Crippen LogP contribution is 2.30. The van der Waals surface area contributed by atoms with E-state index in [-0.39, 0.29) is 0 Å². The minimum absolute atomic E-state index is 0.986. The molecular formula is C14H32. The predicted molar refractivity (Wildman–Crippen MR) is 68.7 cm³/mol.